The molecule has 132 valence electrons. The lowest BCUT2D eigenvalue weighted by Crippen LogP contribution is -2.24. The summed E-state index contributed by atoms with van der Waals surface area (Å²) in [6, 6.07) is 16.9. The minimum Gasteiger partial charge on any atom is -0.366 e. The third-order valence-corrected chi connectivity index (χ3v) is 5.96. The van der Waals surface area contributed by atoms with E-state index in [2.05, 4.69) is 23.8 Å². The van der Waals surface area contributed by atoms with Crippen molar-refractivity contribution in [2.24, 2.45) is 0 Å². The van der Waals surface area contributed by atoms with E-state index < -0.39 is 10.0 Å². The van der Waals surface area contributed by atoms with Gasteiger partial charge in [0.25, 0.3) is 0 Å². The van der Waals surface area contributed by atoms with E-state index in [4.69, 9.17) is 4.74 Å². The lowest BCUT2D eigenvalue weighted by Gasteiger charge is -2.23. The lowest BCUT2D eigenvalue weighted by atomic mass is 9.91. The predicted molar refractivity (Wildman–Crippen MR) is 98.8 cm³/mol. The van der Waals surface area contributed by atoms with Crippen molar-refractivity contribution in [2.45, 2.75) is 30.8 Å². The molecule has 1 aliphatic heterocycles. The lowest BCUT2D eigenvalue weighted by molar-refractivity contribution is 0.0176. The fourth-order valence-electron chi connectivity index (χ4n) is 2.99. The fourth-order valence-corrected chi connectivity index (χ4v) is 3.95. The number of hydrogen-bond donors (Lipinski definition) is 1. The van der Waals surface area contributed by atoms with Crippen LogP contribution in [-0.2, 0) is 20.4 Å². The van der Waals surface area contributed by atoms with Crippen molar-refractivity contribution in [3.8, 4) is 0 Å². The molecule has 0 amide bonds. The van der Waals surface area contributed by atoms with E-state index in [0.29, 0.717) is 6.61 Å². The first-order valence-corrected chi connectivity index (χ1v) is 9.81. The van der Waals surface area contributed by atoms with Gasteiger partial charge < -0.3 is 4.74 Å². The van der Waals surface area contributed by atoms with Gasteiger partial charge in [-0.15, -0.1) is 0 Å². The molecule has 3 rings (SSSR count). The Morgan fingerprint density at radius 1 is 1.12 bits per heavy atom. The van der Waals surface area contributed by atoms with Gasteiger partial charge in [-0.25, -0.2) is 13.1 Å². The SMILES string of the molecule is Cc1ccc(S(=O)(=O)NC/C=C2/CO[C@](C)(c3ccccc3)C2)cc1. The van der Waals surface area contributed by atoms with Crippen LogP contribution in [0, 0.1) is 6.92 Å². The van der Waals surface area contributed by atoms with Crippen LogP contribution in [0.5, 0.6) is 0 Å². The zero-order chi connectivity index (χ0) is 17.9. The third kappa shape index (κ3) is 4.18. The van der Waals surface area contributed by atoms with Crippen molar-refractivity contribution < 1.29 is 13.2 Å². The van der Waals surface area contributed by atoms with Crippen LogP contribution < -0.4 is 4.72 Å². The average Bonchev–Trinajstić information content (AvgIpc) is 2.98. The highest BCUT2D eigenvalue weighted by atomic mass is 32.2. The Balaban J connectivity index is 1.63. The maximum absolute atomic E-state index is 12.3. The van der Waals surface area contributed by atoms with Gasteiger partial charge in [0, 0.05) is 13.0 Å². The summed E-state index contributed by atoms with van der Waals surface area (Å²) >= 11 is 0. The molecule has 1 atom stereocenters. The second-order valence-corrected chi connectivity index (χ2v) is 8.36. The van der Waals surface area contributed by atoms with E-state index in [9.17, 15) is 8.42 Å². The minimum absolute atomic E-state index is 0.264. The molecule has 0 unspecified atom stereocenters. The maximum atomic E-state index is 12.3. The van der Waals surface area contributed by atoms with Crippen molar-refractivity contribution >= 4 is 10.0 Å². The summed E-state index contributed by atoms with van der Waals surface area (Å²) in [6.07, 6.45) is 2.68. The van der Waals surface area contributed by atoms with Crippen LogP contribution in [0.1, 0.15) is 24.5 Å². The molecule has 0 aliphatic carbocycles. The number of aryl methyl sites for hydroxylation is 1. The maximum Gasteiger partial charge on any atom is 0.240 e. The Hall–Kier alpha value is -1.95. The molecule has 1 N–H and O–H groups in total. The van der Waals surface area contributed by atoms with Gasteiger partial charge in [-0.1, -0.05) is 54.1 Å². The topological polar surface area (TPSA) is 55.4 Å². The summed E-state index contributed by atoms with van der Waals surface area (Å²) < 4.78 is 33.2. The van der Waals surface area contributed by atoms with E-state index in [0.717, 1.165) is 23.1 Å². The smallest absolute Gasteiger partial charge is 0.240 e. The van der Waals surface area contributed by atoms with E-state index in [-0.39, 0.29) is 17.0 Å². The number of benzene rings is 2. The Labute approximate surface area is 149 Å². The summed E-state index contributed by atoms with van der Waals surface area (Å²) in [5.74, 6) is 0. The Kier molecular flexibility index (Phi) is 5.08. The van der Waals surface area contributed by atoms with Crippen LogP contribution in [-0.4, -0.2) is 21.6 Å². The van der Waals surface area contributed by atoms with Crippen molar-refractivity contribution in [2.75, 3.05) is 13.2 Å². The summed E-state index contributed by atoms with van der Waals surface area (Å²) in [5, 5.41) is 0. The zero-order valence-electron chi connectivity index (χ0n) is 14.5. The first kappa shape index (κ1) is 17.9. The van der Waals surface area contributed by atoms with Crippen molar-refractivity contribution in [3.05, 3.63) is 77.4 Å². The minimum atomic E-state index is -3.49. The molecule has 0 bridgehead atoms. The van der Waals surface area contributed by atoms with E-state index in [1.165, 1.54) is 0 Å². The summed E-state index contributed by atoms with van der Waals surface area (Å²) in [4.78, 5) is 0.285. The molecule has 5 heteroatoms. The third-order valence-electron chi connectivity index (χ3n) is 4.52. The van der Waals surface area contributed by atoms with Gasteiger partial charge in [0.2, 0.25) is 10.0 Å². The van der Waals surface area contributed by atoms with E-state index in [1.807, 2.05) is 31.2 Å². The van der Waals surface area contributed by atoms with Gasteiger partial charge >= 0.3 is 0 Å². The average molecular weight is 357 g/mol. The Morgan fingerprint density at radius 3 is 2.48 bits per heavy atom. The number of nitrogens with one attached hydrogen (secondary N) is 1. The molecule has 0 spiro atoms. The van der Waals surface area contributed by atoms with Crippen molar-refractivity contribution in [3.63, 3.8) is 0 Å². The molecular weight excluding hydrogens is 334 g/mol. The van der Waals surface area contributed by atoms with Gasteiger partial charge in [0.1, 0.15) is 0 Å². The van der Waals surface area contributed by atoms with Crippen LogP contribution in [0.15, 0.2) is 71.1 Å². The molecule has 0 saturated carbocycles. The second kappa shape index (κ2) is 7.12. The van der Waals surface area contributed by atoms with Gasteiger partial charge in [-0.3, -0.25) is 0 Å². The van der Waals surface area contributed by atoms with Crippen LogP contribution in [0.25, 0.3) is 0 Å². The molecule has 0 aromatic heterocycles. The van der Waals surface area contributed by atoms with Crippen molar-refractivity contribution in [1.29, 1.82) is 0 Å². The molecule has 2 aromatic rings. The number of ether oxygens (including phenoxy) is 1. The van der Waals surface area contributed by atoms with Gasteiger partial charge in [0.05, 0.1) is 17.1 Å². The van der Waals surface area contributed by atoms with Gasteiger partial charge in [-0.2, -0.15) is 0 Å². The monoisotopic (exact) mass is 357 g/mol. The van der Waals surface area contributed by atoms with Gasteiger partial charge in [0.15, 0.2) is 0 Å². The molecule has 1 heterocycles. The molecular formula is C20H23NO3S. The van der Waals surface area contributed by atoms with E-state index >= 15 is 0 Å². The first-order chi connectivity index (χ1) is 11.9. The summed E-state index contributed by atoms with van der Waals surface area (Å²) in [7, 11) is -3.49. The Bertz CT molecular complexity index is 858. The van der Waals surface area contributed by atoms with E-state index in [1.54, 1.807) is 24.3 Å². The highest BCUT2D eigenvalue weighted by Gasteiger charge is 2.34. The highest BCUT2D eigenvalue weighted by Crippen LogP contribution is 2.38. The molecule has 2 aromatic carbocycles. The second-order valence-electron chi connectivity index (χ2n) is 6.59. The standard InChI is InChI=1S/C20H23NO3S/c1-16-8-10-19(11-9-16)25(22,23)21-13-12-17-14-20(2,24-15-17)18-6-4-3-5-7-18/h3-12,21H,13-15H2,1-2H3/b17-12+/t20-/m0/s1. The molecule has 1 aliphatic rings. The quantitative estimate of drug-likeness (QED) is 0.833. The fraction of sp³-hybridized carbons (Fsp3) is 0.300. The first-order valence-electron chi connectivity index (χ1n) is 8.33. The van der Waals surface area contributed by atoms with Crippen LogP contribution in [0.2, 0.25) is 0 Å². The van der Waals surface area contributed by atoms with Crippen molar-refractivity contribution in [1.82, 2.24) is 4.72 Å². The molecule has 25 heavy (non-hydrogen) atoms. The molecule has 4 nitrogen and oxygen atoms in total. The number of hydrogen-bond acceptors (Lipinski definition) is 3. The highest BCUT2D eigenvalue weighted by molar-refractivity contribution is 7.89. The van der Waals surface area contributed by atoms with Crippen LogP contribution >= 0.6 is 0 Å². The zero-order valence-corrected chi connectivity index (χ0v) is 15.3. The van der Waals surface area contributed by atoms with Gasteiger partial charge in [-0.05, 0) is 37.1 Å². The summed E-state index contributed by atoms with van der Waals surface area (Å²) in [5.41, 5.74) is 2.93. The summed E-state index contributed by atoms with van der Waals surface area (Å²) in [6.45, 7) is 4.79. The molecule has 1 fully saturated rings. The Morgan fingerprint density at radius 2 is 1.80 bits per heavy atom. The largest absolute Gasteiger partial charge is 0.366 e. The normalized spacial score (nSPS) is 22.4. The van der Waals surface area contributed by atoms with Crippen LogP contribution in [0.4, 0.5) is 0 Å². The molecule has 0 radical (unpaired) electrons. The molecule has 1 saturated heterocycles. The number of rotatable bonds is 5. The number of sulfonamides is 1. The van der Waals surface area contributed by atoms with Crippen LogP contribution in [0.3, 0.4) is 0 Å². The predicted octanol–water partition coefficient (Wildman–Crippen LogP) is 3.54.